The topological polar surface area (TPSA) is 87.0 Å². The predicted molar refractivity (Wildman–Crippen MR) is 146 cm³/mol. The van der Waals surface area contributed by atoms with Crippen LogP contribution in [-0.4, -0.2) is 49.3 Å². The minimum Gasteiger partial charge on any atom is -0.493 e. The molecule has 0 radical (unpaired) electrons. The second-order valence-electron chi connectivity index (χ2n) is 10.0. The summed E-state index contributed by atoms with van der Waals surface area (Å²) in [7, 11) is 0. The highest BCUT2D eigenvalue weighted by molar-refractivity contribution is 5.79. The van der Waals surface area contributed by atoms with Crippen molar-refractivity contribution in [1.29, 1.82) is 5.41 Å². The summed E-state index contributed by atoms with van der Waals surface area (Å²) in [5, 5.41) is 15.0. The Balaban J connectivity index is 1.45. The Morgan fingerprint density at radius 2 is 1.94 bits per heavy atom. The van der Waals surface area contributed by atoms with Gasteiger partial charge in [-0.05, 0) is 73.6 Å². The Morgan fingerprint density at radius 3 is 2.64 bits per heavy atom. The summed E-state index contributed by atoms with van der Waals surface area (Å²) in [6.45, 7) is 9.09. The van der Waals surface area contributed by atoms with Crippen molar-refractivity contribution in [3.63, 3.8) is 0 Å². The van der Waals surface area contributed by atoms with Crippen LogP contribution in [0, 0.1) is 23.2 Å². The van der Waals surface area contributed by atoms with Gasteiger partial charge in [-0.3, -0.25) is 4.79 Å². The number of hydrogen-bond acceptors (Lipinski definition) is 5. The monoisotopic (exact) mass is 494 g/mol. The molecule has 36 heavy (non-hydrogen) atoms. The first-order chi connectivity index (χ1) is 17.5. The van der Waals surface area contributed by atoms with Crippen molar-refractivity contribution >= 4 is 23.7 Å². The van der Waals surface area contributed by atoms with E-state index in [1.807, 2.05) is 30.9 Å². The number of likely N-dealkylation sites (tertiary alicyclic amines) is 1. The number of nitrogens with one attached hydrogen (secondary N) is 2. The number of benzene rings is 1. The number of rotatable bonds is 9. The second-order valence-corrected chi connectivity index (χ2v) is 10.0. The Labute approximate surface area is 216 Å². The van der Waals surface area contributed by atoms with Crippen LogP contribution in [-0.2, 0) is 9.63 Å². The fraction of sp³-hybridized carbons (Fsp3) is 0.552. The van der Waals surface area contributed by atoms with Crippen molar-refractivity contribution < 1.29 is 14.4 Å². The quantitative estimate of drug-likeness (QED) is 0.201. The van der Waals surface area contributed by atoms with Crippen LogP contribution in [0.1, 0.15) is 64.9 Å². The third-order valence-corrected chi connectivity index (χ3v) is 6.60. The average molecular weight is 495 g/mol. The lowest BCUT2D eigenvalue weighted by atomic mass is 9.92. The van der Waals surface area contributed by atoms with Gasteiger partial charge in [-0.15, -0.1) is 0 Å². The zero-order valence-electron chi connectivity index (χ0n) is 22.0. The van der Waals surface area contributed by atoms with Crippen molar-refractivity contribution in [2.24, 2.45) is 22.9 Å². The number of ether oxygens (including phenoxy) is 1. The van der Waals surface area contributed by atoms with E-state index < -0.39 is 0 Å². The maximum absolute atomic E-state index is 12.4. The molecule has 7 heteroatoms. The van der Waals surface area contributed by atoms with Gasteiger partial charge in [0.2, 0.25) is 5.91 Å². The molecule has 2 N–H and O–H groups in total. The first-order valence-electron chi connectivity index (χ1n) is 13.3. The van der Waals surface area contributed by atoms with E-state index in [-0.39, 0.29) is 17.8 Å². The SMILES string of the molecule is CCCNC(=O)C1CC=CC/C(c2ccc(OCC3CCN(C(=N)O/N=C/C(C)C)CC3)cc2)=C\C1. The molecule has 1 aliphatic heterocycles. The average Bonchev–Trinajstić information content (AvgIpc) is 2.86. The molecular weight excluding hydrogens is 452 g/mol. The molecule has 3 rings (SSSR count). The van der Waals surface area contributed by atoms with Gasteiger partial charge in [0.15, 0.2) is 0 Å². The molecule has 2 aliphatic rings. The third kappa shape index (κ3) is 8.85. The molecule has 196 valence electrons. The van der Waals surface area contributed by atoms with Gasteiger partial charge < -0.3 is 19.8 Å². The molecule has 0 spiro atoms. The summed E-state index contributed by atoms with van der Waals surface area (Å²) in [6.07, 6.45) is 13.5. The maximum Gasteiger partial charge on any atom is 0.314 e. The van der Waals surface area contributed by atoms with E-state index in [4.69, 9.17) is 15.0 Å². The number of carbonyl (C=O) groups is 1. The zero-order chi connectivity index (χ0) is 25.8. The van der Waals surface area contributed by atoms with E-state index in [1.54, 1.807) is 6.21 Å². The van der Waals surface area contributed by atoms with E-state index in [0.29, 0.717) is 18.4 Å². The maximum atomic E-state index is 12.4. The van der Waals surface area contributed by atoms with Crippen LogP contribution in [0.4, 0.5) is 0 Å². The Hall–Kier alpha value is -3.09. The van der Waals surface area contributed by atoms with Gasteiger partial charge in [0.05, 0.1) is 6.61 Å². The van der Waals surface area contributed by atoms with Crippen LogP contribution in [0.2, 0.25) is 0 Å². The zero-order valence-corrected chi connectivity index (χ0v) is 22.0. The van der Waals surface area contributed by atoms with Crippen LogP contribution in [0.15, 0.2) is 47.6 Å². The first kappa shape index (κ1) is 27.5. The van der Waals surface area contributed by atoms with Crippen LogP contribution >= 0.6 is 0 Å². The minimum absolute atomic E-state index is 0.000171. The third-order valence-electron chi connectivity index (χ3n) is 6.60. The highest BCUT2D eigenvalue weighted by Crippen LogP contribution is 2.27. The highest BCUT2D eigenvalue weighted by atomic mass is 16.6. The predicted octanol–water partition coefficient (Wildman–Crippen LogP) is 5.64. The molecule has 1 saturated heterocycles. The highest BCUT2D eigenvalue weighted by Gasteiger charge is 2.23. The van der Waals surface area contributed by atoms with Crippen LogP contribution < -0.4 is 10.1 Å². The number of hydrogen-bond donors (Lipinski definition) is 2. The summed E-state index contributed by atoms with van der Waals surface area (Å²) in [4.78, 5) is 19.5. The van der Waals surface area contributed by atoms with Crippen molar-refractivity contribution in [3.05, 3.63) is 48.1 Å². The lowest BCUT2D eigenvalue weighted by Crippen LogP contribution is -2.39. The van der Waals surface area contributed by atoms with Gasteiger partial charge in [0.25, 0.3) is 0 Å². The van der Waals surface area contributed by atoms with Crippen LogP contribution in [0.3, 0.4) is 0 Å². The van der Waals surface area contributed by atoms with Gasteiger partial charge in [-0.1, -0.05) is 56.3 Å². The van der Waals surface area contributed by atoms with E-state index in [2.05, 4.69) is 47.8 Å². The number of piperidine rings is 1. The molecule has 1 unspecified atom stereocenters. The molecule has 1 heterocycles. The Morgan fingerprint density at radius 1 is 1.19 bits per heavy atom. The molecule has 1 aromatic carbocycles. The summed E-state index contributed by atoms with van der Waals surface area (Å²) in [6, 6.07) is 8.42. The normalized spacial score (nSPS) is 20.5. The van der Waals surface area contributed by atoms with E-state index in [9.17, 15) is 4.79 Å². The summed E-state index contributed by atoms with van der Waals surface area (Å²) < 4.78 is 6.09. The van der Waals surface area contributed by atoms with Gasteiger partial charge in [-0.2, -0.15) is 0 Å². The van der Waals surface area contributed by atoms with E-state index in [1.165, 1.54) is 11.1 Å². The van der Waals surface area contributed by atoms with Crippen molar-refractivity contribution in [2.45, 2.75) is 59.3 Å². The fourth-order valence-corrected chi connectivity index (χ4v) is 4.32. The number of allylic oxidation sites excluding steroid dienone is 4. The molecule has 1 aromatic rings. The Bertz CT molecular complexity index is 928. The summed E-state index contributed by atoms with van der Waals surface area (Å²) in [5.74, 6) is 1.79. The van der Waals surface area contributed by atoms with Crippen molar-refractivity contribution in [2.75, 3.05) is 26.2 Å². The molecule has 7 nitrogen and oxygen atoms in total. The molecule has 1 aliphatic carbocycles. The first-order valence-corrected chi connectivity index (χ1v) is 13.3. The molecule has 1 amide bonds. The van der Waals surface area contributed by atoms with Gasteiger partial charge in [-0.25, -0.2) is 5.41 Å². The summed E-state index contributed by atoms with van der Waals surface area (Å²) in [5.41, 5.74) is 2.43. The molecule has 0 aromatic heterocycles. The molecule has 1 atom stereocenters. The van der Waals surface area contributed by atoms with Gasteiger partial charge in [0, 0.05) is 31.8 Å². The fourth-order valence-electron chi connectivity index (χ4n) is 4.32. The second kappa shape index (κ2) is 14.5. The van der Waals surface area contributed by atoms with Gasteiger partial charge >= 0.3 is 6.02 Å². The molecule has 0 saturated carbocycles. The van der Waals surface area contributed by atoms with Gasteiger partial charge in [0.1, 0.15) is 5.75 Å². The van der Waals surface area contributed by atoms with Crippen molar-refractivity contribution in [3.8, 4) is 5.75 Å². The standard InChI is InChI=1S/C29H42N4O3/c1-4-17-31-28(34)26-8-6-5-7-24(9-10-26)25-11-13-27(14-12-25)35-21-23-15-18-33(19-16-23)29(30)36-32-20-22(2)3/h5-6,9,11-14,20,22-23,26,30H,4,7-8,10,15-19,21H2,1-3H3,(H,31,34)/b6-5?,24-9+,30-29?,32-20+. The number of nitrogens with zero attached hydrogens (tertiary/aromatic N) is 2. The number of amidine groups is 1. The van der Waals surface area contributed by atoms with E-state index in [0.717, 1.165) is 63.9 Å². The molecule has 1 fully saturated rings. The summed E-state index contributed by atoms with van der Waals surface area (Å²) >= 11 is 0. The number of amides is 1. The van der Waals surface area contributed by atoms with Crippen molar-refractivity contribution in [1.82, 2.24) is 10.2 Å². The van der Waals surface area contributed by atoms with E-state index >= 15 is 0 Å². The lowest BCUT2D eigenvalue weighted by molar-refractivity contribution is -0.124. The van der Waals surface area contributed by atoms with Crippen LogP contribution in [0.25, 0.3) is 5.57 Å². The minimum atomic E-state index is 0.000171. The lowest BCUT2D eigenvalue weighted by Gasteiger charge is -2.31. The van der Waals surface area contributed by atoms with Crippen LogP contribution in [0.5, 0.6) is 5.75 Å². The number of oxime groups is 1. The molecule has 0 bridgehead atoms. The largest absolute Gasteiger partial charge is 0.493 e. The smallest absolute Gasteiger partial charge is 0.314 e. The molecular formula is C29H42N4O3. The Kier molecular flexibility index (Phi) is 11.0. The number of carbonyl (C=O) groups excluding carboxylic acids is 1.